The molecule has 180 valence electrons. The van der Waals surface area contributed by atoms with Gasteiger partial charge in [0, 0.05) is 18.7 Å². The van der Waals surface area contributed by atoms with Crippen molar-refractivity contribution in [1.82, 2.24) is 20.0 Å². The first kappa shape index (κ1) is 23.8. The van der Waals surface area contributed by atoms with Crippen LogP contribution in [0.25, 0.3) is 5.69 Å². The van der Waals surface area contributed by atoms with Gasteiger partial charge in [0.2, 0.25) is 5.88 Å². The quantitative estimate of drug-likeness (QED) is 0.506. The summed E-state index contributed by atoms with van der Waals surface area (Å²) in [5, 5.41) is 7.90. The van der Waals surface area contributed by atoms with Gasteiger partial charge in [0.1, 0.15) is 5.75 Å². The van der Waals surface area contributed by atoms with Crippen LogP contribution < -0.4 is 10.1 Å². The molecule has 0 unspecified atom stereocenters. The van der Waals surface area contributed by atoms with Gasteiger partial charge in [-0.15, -0.1) is 0 Å². The Morgan fingerprint density at radius 2 is 1.82 bits per heavy atom. The van der Waals surface area contributed by atoms with Crippen LogP contribution >= 0.6 is 0 Å². The van der Waals surface area contributed by atoms with Crippen molar-refractivity contribution in [1.29, 1.82) is 0 Å². The minimum absolute atomic E-state index is 0.0358. The van der Waals surface area contributed by atoms with E-state index in [2.05, 4.69) is 5.32 Å². The fourth-order valence-electron chi connectivity index (χ4n) is 4.01. The van der Waals surface area contributed by atoms with E-state index in [1.165, 1.54) is 0 Å². The minimum Gasteiger partial charge on any atom is -0.439 e. The van der Waals surface area contributed by atoms with Gasteiger partial charge in [-0.3, -0.25) is 0 Å². The number of nitrogens with zero attached hydrogens (tertiary/aromatic N) is 3. The summed E-state index contributed by atoms with van der Waals surface area (Å²) in [5.41, 5.74) is 2.23. The van der Waals surface area contributed by atoms with Gasteiger partial charge < -0.3 is 19.7 Å². The summed E-state index contributed by atoms with van der Waals surface area (Å²) in [7, 11) is 0. The van der Waals surface area contributed by atoms with E-state index in [0.717, 1.165) is 36.4 Å². The van der Waals surface area contributed by atoms with Gasteiger partial charge in [-0.25, -0.2) is 9.48 Å². The molecule has 1 aliphatic rings. The molecule has 0 aliphatic carbocycles. The van der Waals surface area contributed by atoms with Crippen LogP contribution in [0.3, 0.4) is 0 Å². The van der Waals surface area contributed by atoms with Crippen molar-refractivity contribution in [3.05, 3.63) is 71.9 Å². The van der Waals surface area contributed by atoms with E-state index in [4.69, 9.17) is 14.6 Å². The van der Waals surface area contributed by atoms with Crippen LogP contribution in [0.2, 0.25) is 0 Å². The average molecular weight is 463 g/mol. The molecule has 0 radical (unpaired) electrons. The molecule has 0 saturated carbocycles. The normalized spacial score (nSPS) is 15.8. The molecule has 7 nitrogen and oxygen atoms in total. The Labute approximate surface area is 201 Å². The SMILES string of the molecule is Cc1nn(-c2ccccc2)c(Oc2ccccc2)c1CN(C[C@@H]1CCCO1)C(=O)NC(C)(C)C. The number of nitrogens with one attached hydrogen (secondary N) is 1. The highest BCUT2D eigenvalue weighted by Gasteiger charge is 2.28. The second kappa shape index (κ2) is 10.3. The van der Waals surface area contributed by atoms with E-state index in [9.17, 15) is 4.79 Å². The summed E-state index contributed by atoms with van der Waals surface area (Å²) in [6.45, 7) is 9.53. The summed E-state index contributed by atoms with van der Waals surface area (Å²) in [6.07, 6.45) is 2.01. The Bertz CT molecular complexity index is 1080. The number of amides is 2. The zero-order valence-corrected chi connectivity index (χ0v) is 20.5. The molecule has 1 atom stereocenters. The van der Waals surface area contributed by atoms with Crippen molar-refractivity contribution in [2.75, 3.05) is 13.2 Å². The van der Waals surface area contributed by atoms with Crippen molar-refractivity contribution >= 4 is 6.03 Å². The third-order valence-electron chi connectivity index (χ3n) is 5.66. The summed E-state index contributed by atoms with van der Waals surface area (Å²) >= 11 is 0. The highest BCUT2D eigenvalue weighted by atomic mass is 16.5. The number of hydrogen-bond acceptors (Lipinski definition) is 4. The molecule has 4 rings (SSSR count). The van der Waals surface area contributed by atoms with Crippen molar-refractivity contribution in [3.63, 3.8) is 0 Å². The van der Waals surface area contributed by atoms with E-state index in [-0.39, 0.29) is 17.7 Å². The maximum atomic E-state index is 13.3. The van der Waals surface area contributed by atoms with E-state index in [1.54, 1.807) is 0 Å². The minimum atomic E-state index is -0.349. The molecule has 1 aromatic heterocycles. The molecule has 2 aromatic carbocycles. The predicted octanol–water partition coefficient (Wildman–Crippen LogP) is 5.46. The zero-order chi connectivity index (χ0) is 24.1. The summed E-state index contributed by atoms with van der Waals surface area (Å²) in [5.74, 6) is 1.32. The molecule has 1 fully saturated rings. The Hall–Kier alpha value is -3.32. The molecule has 1 aliphatic heterocycles. The van der Waals surface area contributed by atoms with Crippen LogP contribution in [-0.2, 0) is 11.3 Å². The number of aromatic nitrogens is 2. The molecule has 2 amide bonds. The summed E-state index contributed by atoms with van der Waals surface area (Å²) < 4.78 is 14.0. The first-order valence-corrected chi connectivity index (χ1v) is 11.9. The second-order valence-electron chi connectivity index (χ2n) is 9.73. The number of ether oxygens (including phenoxy) is 2. The highest BCUT2D eigenvalue weighted by molar-refractivity contribution is 5.75. The van der Waals surface area contributed by atoms with Gasteiger partial charge in [0.05, 0.1) is 29.6 Å². The lowest BCUT2D eigenvalue weighted by Crippen LogP contribution is -2.50. The molecule has 7 heteroatoms. The van der Waals surface area contributed by atoms with Gasteiger partial charge in [0.25, 0.3) is 0 Å². The Morgan fingerprint density at radius 3 is 2.44 bits per heavy atom. The van der Waals surface area contributed by atoms with Crippen LogP contribution in [0.4, 0.5) is 4.79 Å². The van der Waals surface area contributed by atoms with Crippen molar-refractivity contribution in [2.24, 2.45) is 0 Å². The van der Waals surface area contributed by atoms with Gasteiger partial charge in [-0.2, -0.15) is 5.10 Å². The largest absolute Gasteiger partial charge is 0.439 e. The molecule has 34 heavy (non-hydrogen) atoms. The first-order chi connectivity index (χ1) is 16.3. The molecule has 3 aromatic rings. The number of para-hydroxylation sites is 2. The van der Waals surface area contributed by atoms with Crippen molar-refractivity contribution < 1.29 is 14.3 Å². The van der Waals surface area contributed by atoms with Gasteiger partial charge in [-0.05, 0) is 64.8 Å². The lowest BCUT2D eigenvalue weighted by molar-refractivity contribution is 0.0779. The summed E-state index contributed by atoms with van der Waals surface area (Å²) in [6, 6.07) is 19.4. The topological polar surface area (TPSA) is 68.6 Å². The van der Waals surface area contributed by atoms with E-state index < -0.39 is 0 Å². The van der Waals surface area contributed by atoms with E-state index in [0.29, 0.717) is 24.7 Å². The first-order valence-electron chi connectivity index (χ1n) is 11.9. The predicted molar refractivity (Wildman–Crippen MR) is 132 cm³/mol. The third-order valence-corrected chi connectivity index (χ3v) is 5.66. The number of aryl methyl sites for hydroxylation is 1. The Balaban J connectivity index is 1.71. The average Bonchev–Trinajstić information content (AvgIpc) is 3.42. The zero-order valence-electron chi connectivity index (χ0n) is 20.5. The molecule has 2 heterocycles. The monoisotopic (exact) mass is 462 g/mol. The van der Waals surface area contributed by atoms with E-state index in [1.807, 2.05) is 97.9 Å². The van der Waals surface area contributed by atoms with Crippen LogP contribution in [0.1, 0.15) is 44.9 Å². The number of hydrogen-bond donors (Lipinski definition) is 1. The van der Waals surface area contributed by atoms with Gasteiger partial charge >= 0.3 is 6.03 Å². The van der Waals surface area contributed by atoms with Crippen LogP contribution in [-0.4, -0.2) is 45.5 Å². The van der Waals surface area contributed by atoms with E-state index >= 15 is 0 Å². The lowest BCUT2D eigenvalue weighted by atomic mass is 10.1. The smallest absolute Gasteiger partial charge is 0.318 e. The molecular weight excluding hydrogens is 428 g/mol. The van der Waals surface area contributed by atoms with Crippen LogP contribution in [0.5, 0.6) is 11.6 Å². The fraction of sp³-hybridized carbons (Fsp3) is 0.407. The second-order valence-corrected chi connectivity index (χ2v) is 9.73. The number of carbonyl (C=O) groups is 1. The maximum absolute atomic E-state index is 13.3. The van der Waals surface area contributed by atoms with Crippen molar-refractivity contribution in [3.8, 4) is 17.3 Å². The maximum Gasteiger partial charge on any atom is 0.318 e. The number of urea groups is 1. The van der Waals surface area contributed by atoms with Crippen molar-refractivity contribution in [2.45, 2.75) is 58.7 Å². The van der Waals surface area contributed by atoms with Crippen LogP contribution in [0.15, 0.2) is 60.7 Å². The van der Waals surface area contributed by atoms with Crippen LogP contribution in [0, 0.1) is 6.92 Å². The molecule has 0 spiro atoms. The highest BCUT2D eigenvalue weighted by Crippen LogP contribution is 2.32. The molecular formula is C27H34N4O3. The summed E-state index contributed by atoms with van der Waals surface area (Å²) in [4.78, 5) is 15.1. The molecule has 1 N–H and O–H groups in total. The number of rotatable bonds is 7. The Morgan fingerprint density at radius 1 is 1.15 bits per heavy atom. The fourth-order valence-corrected chi connectivity index (χ4v) is 4.01. The number of benzene rings is 2. The number of carbonyl (C=O) groups excluding carboxylic acids is 1. The lowest BCUT2D eigenvalue weighted by Gasteiger charge is -2.30. The Kier molecular flexibility index (Phi) is 7.22. The van der Waals surface area contributed by atoms with Gasteiger partial charge in [0.15, 0.2) is 0 Å². The molecule has 0 bridgehead atoms. The standard InChI is InChI=1S/C27H34N4O3/c1-20-24(19-30(18-23-16-11-17-33-23)26(32)28-27(2,3)4)25(34-22-14-9-6-10-15-22)31(29-20)21-12-7-5-8-13-21/h5-10,12-15,23H,11,16-19H2,1-4H3,(H,28,32)/t23-/m0/s1. The third kappa shape index (κ3) is 5.97. The van der Waals surface area contributed by atoms with Gasteiger partial charge in [-0.1, -0.05) is 36.4 Å². The molecule has 1 saturated heterocycles.